The first-order chi connectivity index (χ1) is 7.78. The van der Waals surface area contributed by atoms with Crippen molar-refractivity contribution in [1.29, 1.82) is 0 Å². The van der Waals surface area contributed by atoms with E-state index in [9.17, 15) is 0 Å². The van der Waals surface area contributed by atoms with Gasteiger partial charge in [-0.05, 0) is 12.3 Å². The lowest BCUT2D eigenvalue weighted by molar-refractivity contribution is 0.0860. The number of hydrogen-bond donors (Lipinski definition) is 1. The predicted octanol–water partition coefficient (Wildman–Crippen LogP) is 2.08. The number of nitrogens with one attached hydrogen (secondary N) is 1. The molecule has 16 heavy (non-hydrogen) atoms. The first-order valence-corrected chi connectivity index (χ1v) is 6.04. The summed E-state index contributed by atoms with van der Waals surface area (Å²) < 4.78 is 10.7. The molecule has 4 nitrogen and oxygen atoms in total. The highest BCUT2D eigenvalue weighted by molar-refractivity contribution is 7.98. The Morgan fingerprint density at radius 3 is 2.31 bits per heavy atom. The van der Waals surface area contributed by atoms with Crippen molar-refractivity contribution in [2.75, 3.05) is 27.6 Å². The van der Waals surface area contributed by atoms with Gasteiger partial charge in [-0.25, -0.2) is 0 Å². The Morgan fingerprint density at radius 2 is 1.81 bits per heavy atom. The standard InChI is InChI=1S/C11H17NO3S/c1-13-10-8(7-12-15-3)5-6-9(16-4)11(10)14-2/h5-6,12H,7H2,1-4H3. The molecule has 0 bridgehead atoms. The van der Waals surface area contributed by atoms with Crippen LogP contribution in [0, 0.1) is 0 Å². The lowest BCUT2D eigenvalue weighted by atomic mass is 10.2. The average Bonchev–Trinajstić information content (AvgIpc) is 2.34. The molecule has 0 aliphatic rings. The Morgan fingerprint density at radius 1 is 1.12 bits per heavy atom. The van der Waals surface area contributed by atoms with Gasteiger partial charge in [-0.1, -0.05) is 6.07 Å². The van der Waals surface area contributed by atoms with E-state index in [2.05, 4.69) is 5.48 Å². The molecule has 0 aromatic heterocycles. The Hall–Kier alpha value is -0.910. The topological polar surface area (TPSA) is 39.7 Å². The van der Waals surface area contributed by atoms with Crippen molar-refractivity contribution < 1.29 is 14.3 Å². The van der Waals surface area contributed by atoms with Crippen molar-refractivity contribution in [3.8, 4) is 11.5 Å². The molecular formula is C11H17NO3S. The Labute approximate surface area is 100 Å². The van der Waals surface area contributed by atoms with E-state index in [1.807, 2.05) is 18.4 Å². The number of methoxy groups -OCH3 is 2. The lowest BCUT2D eigenvalue weighted by Crippen LogP contribution is -2.12. The van der Waals surface area contributed by atoms with Gasteiger partial charge in [0.15, 0.2) is 11.5 Å². The van der Waals surface area contributed by atoms with Crippen molar-refractivity contribution in [2.45, 2.75) is 11.4 Å². The second-order valence-electron chi connectivity index (χ2n) is 3.02. The molecule has 0 radical (unpaired) electrons. The van der Waals surface area contributed by atoms with E-state index >= 15 is 0 Å². The molecule has 0 aliphatic heterocycles. The third kappa shape index (κ3) is 2.81. The maximum Gasteiger partial charge on any atom is 0.174 e. The zero-order valence-electron chi connectivity index (χ0n) is 9.99. The smallest absolute Gasteiger partial charge is 0.174 e. The van der Waals surface area contributed by atoms with Crippen LogP contribution in [0.4, 0.5) is 0 Å². The van der Waals surface area contributed by atoms with Gasteiger partial charge in [0, 0.05) is 12.1 Å². The highest BCUT2D eigenvalue weighted by Gasteiger charge is 2.14. The number of thioether (sulfide) groups is 1. The molecule has 0 atom stereocenters. The fourth-order valence-corrected chi connectivity index (χ4v) is 2.02. The highest BCUT2D eigenvalue weighted by atomic mass is 32.2. The molecule has 1 N–H and O–H groups in total. The second kappa shape index (κ2) is 6.62. The van der Waals surface area contributed by atoms with Gasteiger partial charge in [-0.2, -0.15) is 5.48 Å². The molecule has 1 rings (SSSR count). The first-order valence-electron chi connectivity index (χ1n) is 4.82. The first kappa shape index (κ1) is 13.2. The summed E-state index contributed by atoms with van der Waals surface area (Å²) in [6.07, 6.45) is 2.00. The summed E-state index contributed by atoms with van der Waals surface area (Å²) in [7, 11) is 4.86. The van der Waals surface area contributed by atoms with Gasteiger partial charge in [-0.3, -0.25) is 0 Å². The van der Waals surface area contributed by atoms with E-state index < -0.39 is 0 Å². The second-order valence-corrected chi connectivity index (χ2v) is 3.87. The maximum absolute atomic E-state index is 5.37. The molecule has 0 aliphatic carbocycles. The van der Waals surface area contributed by atoms with Gasteiger partial charge < -0.3 is 14.3 Å². The van der Waals surface area contributed by atoms with Gasteiger partial charge in [0.05, 0.1) is 26.2 Å². The third-order valence-electron chi connectivity index (χ3n) is 2.19. The molecule has 1 aromatic carbocycles. The van der Waals surface area contributed by atoms with Gasteiger partial charge in [-0.15, -0.1) is 11.8 Å². The SMILES string of the molecule is CONCc1ccc(SC)c(OC)c1OC. The largest absolute Gasteiger partial charge is 0.492 e. The molecule has 0 saturated carbocycles. The molecular weight excluding hydrogens is 226 g/mol. The van der Waals surface area contributed by atoms with E-state index in [0.29, 0.717) is 6.54 Å². The number of rotatable bonds is 6. The summed E-state index contributed by atoms with van der Waals surface area (Å²) in [4.78, 5) is 5.88. The van der Waals surface area contributed by atoms with E-state index in [-0.39, 0.29) is 0 Å². The minimum Gasteiger partial charge on any atom is -0.492 e. The van der Waals surface area contributed by atoms with Crippen LogP contribution in [0.3, 0.4) is 0 Å². The number of hydrogen-bond acceptors (Lipinski definition) is 5. The number of benzene rings is 1. The van der Waals surface area contributed by atoms with Crippen LogP contribution in [0.25, 0.3) is 0 Å². The predicted molar refractivity (Wildman–Crippen MR) is 65.2 cm³/mol. The molecule has 0 unspecified atom stereocenters. The van der Waals surface area contributed by atoms with Crippen LogP contribution < -0.4 is 15.0 Å². The summed E-state index contributed by atoms with van der Waals surface area (Å²) >= 11 is 1.63. The van der Waals surface area contributed by atoms with Crippen LogP contribution in [0.1, 0.15) is 5.56 Å². The van der Waals surface area contributed by atoms with Crippen LogP contribution in [0.5, 0.6) is 11.5 Å². The van der Waals surface area contributed by atoms with Crippen molar-refractivity contribution in [1.82, 2.24) is 5.48 Å². The minimum absolute atomic E-state index is 0.574. The Kier molecular flexibility index (Phi) is 5.45. The fraction of sp³-hybridized carbons (Fsp3) is 0.455. The molecule has 1 aromatic rings. The Bertz CT molecular complexity index is 344. The average molecular weight is 243 g/mol. The van der Waals surface area contributed by atoms with E-state index in [1.165, 1.54) is 0 Å². The maximum atomic E-state index is 5.37. The van der Waals surface area contributed by atoms with E-state index in [4.69, 9.17) is 14.3 Å². The van der Waals surface area contributed by atoms with Crippen LogP contribution in [-0.4, -0.2) is 27.6 Å². The van der Waals surface area contributed by atoms with Crippen molar-refractivity contribution in [3.05, 3.63) is 17.7 Å². The van der Waals surface area contributed by atoms with Gasteiger partial charge >= 0.3 is 0 Å². The molecule has 0 spiro atoms. The van der Waals surface area contributed by atoms with Crippen molar-refractivity contribution in [2.24, 2.45) is 0 Å². The quantitative estimate of drug-likeness (QED) is 0.612. The monoisotopic (exact) mass is 243 g/mol. The van der Waals surface area contributed by atoms with E-state index in [1.54, 1.807) is 33.1 Å². The summed E-state index contributed by atoms with van der Waals surface area (Å²) in [5.74, 6) is 1.52. The van der Waals surface area contributed by atoms with Crippen molar-refractivity contribution in [3.63, 3.8) is 0 Å². The molecule has 90 valence electrons. The highest BCUT2D eigenvalue weighted by Crippen LogP contribution is 2.39. The summed E-state index contributed by atoms with van der Waals surface area (Å²) in [5, 5.41) is 0. The van der Waals surface area contributed by atoms with Gasteiger partial charge in [0.2, 0.25) is 0 Å². The van der Waals surface area contributed by atoms with Crippen molar-refractivity contribution >= 4 is 11.8 Å². The normalized spacial score (nSPS) is 10.2. The van der Waals surface area contributed by atoms with Crippen LogP contribution in [-0.2, 0) is 11.4 Å². The molecule has 0 saturated heterocycles. The summed E-state index contributed by atoms with van der Waals surface area (Å²) in [5.41, 5.74) is 3.78. The van der Waals surface area contributed by atoms with Gasteiger partial charge in [0.1, 0.15) is 0 Å². The summed E-state index contributed by atoms with van der Waals surface area (Å²) in [6.45, 7) is 0.574. The van der Waals surface area contributed by atoms with Gasteiger partial charge in [0.25, 0.3) is 0 Å². The fourth-order valence-electron chi connectivity index (χ4n) is 1.45. The zero-order chi connectivity index (χ0) is 12.0. The lowest BCUT2D eigenvalue weighted by Gasteiger charge is -2.15. The van der Waals surface area contributed by atoms with Crippen LogP contribution in [0.2, 0.25) is 0 Å². The third-order valence-corrected chi connectivity index (χ3v) is 2.95. The molecule has 0 fully saturated rings. The molecule has 0 amide bonds. The minimum atomic E-state index is 0.574. The number of hydroxylamine groups is 1. The molecule has 0 heterocycles. The van der Waals surface area contributed by atoms with Crippen LogP contribution >= 0.6 is 11.8 Å². The summed E-state index contributed by atoms with van der Waals surface area (Å²) in [6, 6.07) is 4.01. The Balaban J connectivity index is 3.10. The van der Waals surface area contributed by atoms with E-state index in [0.717, 1.165) is 22.0 Å². The molecule has 5 heteroatoms. The number of ether oxygens (including phenoxy) is 2. The van der Waals surface area contributed by atoms with Crippen LogP contribution in [0.15, 0.2) is 17.0 Å². The zero-order valence-corrected chi connectivity index (χ0v) is 10.8.